The second kappa shape index (κ2) is 12.2. The predicted octanol–water partition coefficient (Wildman–Crippen LogP) is 6.52. The van der Waals surface area contributed by atoms with Crippen LogP contribution in [0.5, 0.6) is 0 Å². The Morgan fingerprint density at radius 2 is 0.972 bits per heavy atom. The fraction of sp³-hybridized carbons (Fsp3) is 0.700. The Labute approximate surface area is 216 Å². The van der Waals surface area contributed by atoms with Crippen molar-refractivity contribution in [1.29, 1.82) is 0 Å². The molecule has 198 valence electrons. The van der Waals surface area contributed by atoms with Crippen molar-refractivity contribution in [2.45, 2.75) is 104 Å². The molecule has 0 atom stereocenters. The van der Waals surface area contributed by atoms with Gasteiger partial charge in [0.1, 0.15) is 0 Å². The molecule has 0 bridgehead atoms. The summed E-state index contributed by atoms with van der Waals surface area (Å²) < 4.78 is 0. The molecule has 3 fully saturated rings. The number of hydrogen-bond acceptors (Lipinski definition) is 3. The summed E-state index contributed by atoms with van der Waals surface area (Å²) in [5.74, 6) is 1.96. The molecule has 0 heterocycles. The molecular weight excluding hydrogens is 450 g/mol. The third-order valence-corrected chi connectivity index (χ3v) is 8.85. The summed E-state index contributed by atoms with van der Waals surface area (Å²) in [5.41, 5.74) is 1.64. The van der Waals surface area contributed by atoms with Gasteiger partial charge >= 0.3 is 0 Å². The highest BCUT2D eigenvalue weighted by atomic mass is 16.2. The highest BCUT2D eigenvalue weighted by molar-refractivity contribution is 6.01. The van der Waals surface area contributed by atoms with Gasteiger partial charge in [0.15, 0.2) is 0 Å². The summed E-state index contributed by atoms with van der Waals surface area (Å²) in [7, 11) is 0. The van der Waals surface area contributed by atoms with Crippen molar-refractivity contribution in [3.63, 3.8) is 0 Å². The Kier molecular flexibility index (Phi) is 9.08. The number of carbonyl (C=O) groups is 3. The molecule has 1 aromatic carbocycles. The molecule has 0 aromatic heterocycles. The van der Waals surface area contributed by atoms with Crippen molar-refractivity contribution in [3.8, 4) is 0 Å². The number of nitrogens with one attached hydrogen (secondary N) is 3. The SMILES string of the molecule is CC1CCC(NC(=O)c2cc(NC(=O)C3CCC(C)CC3)cc(NC(=O)C3CCC(C)CC3)c2)CC1. The third kappa shape index (κ3) is 7.33. The lowest BCUT2D eigenvalue weighted by atomic mass is 9.82. The van der Waals surface area contributed by atoms with E-state index in [0.29, 0.717) is 34.7 Å². The van der Waals surface area contributed by atoms with Crippen LogP contribution in [0, 0.1) is 29.6 Å². The molecule has 0 spiro atoms. The van der Waals surface area contributed by atoms with Crippen molar-refractivity contribution in [2.24, 2.45) is 29.6 Å². The van der Waals surface area contributed by atoms with Crippen LogP contribution >= 0.6 is 0 Å². The van der Waals surface area contributed by atoms with E-state index in [-0.39, 0.29) is 35.6 Å². The van der Waals surface area contributed by atoms with E-state index >= 15 is 0 Å². The molecule has 3 aliphatic carbocycles. The fourth-order valence-electron chi connectivity index (χ4n) is 6.11. The summed E-state index contributed by atoms with van der Waals surface area (Å²) in [6.45, 7) is 6.75. The highest BCUT2D eigenvalue weighted by Crippen LogP contribution is 2.32. The van der Waals surface area contributed by atoms with Crippen LogP contribution in [-0.2, 0) is 9.59 Å². The van der Waals surface area contributed by atoms with Crippen LogP contribution < -0.4 is 16.0 Å². The smallest absolute Gasteiger partial charge is 0.251 e. The summed E-state index contributed by atoms with van der Waals surface area (Å²) in [5, 5.41) is 9.31. The largest absolute Gasteiger partial charge is 0.349 e. The fourth-order valence-corrected chi connectivity index (χ4v) is 6.11. The van der Waals surface area contributed by atoms with Gasteiger partial charge in [-0.2, -0.15) is 0 Å². The van der Waals surface area contributed by atoms with Gasteiger partial charge in [-0.05, 0) is 113 Å². The van der Waals surface area contributed by atoms with E-state index in [2.05, 4.69) is 36.7 Å². The minimum atomic E-state index is -0.140. The van der Waals surface area contributed by atoms with Crippen LogP contribution in [0.1, 0.15) is 108 Å². The van der Waals surface area contributed by atoms with Crippen LogP contribution in [0.15, 0.2) is 18.2 Å². The molecular formula is C30H45N3O3. The molecule has 3 amide bonds. The Morgan fingerprint density at radius 3 is 1.39 bits per heavy atom. The van der Waals surface area contributed by atoms with Crippen molar-refractivity contribution >= 4 is 29.1 Å². The topological polar surface area (TPSA) is 87.3 Å². The van der Waals surface area contributed by atoms with Crippen LogP contribution in [-0.4, -0.2) is 23.8 Å². The second-order valence-electron chi connectivity index (χ2n) is 12.1. The number of anilines is 2. The average Bonchev–Trinajstić information content (AvgIpc) is 2.86. The van der Waals surface area contributed by atoms with Gasteiger partial charge in [-0.15, -0.1) is 0 Å². The first-order chi connectivity index (χ1) is 17.3. The van der Waals surface area contributed by atoms with Gasteiger partial charge in [0.25, 0.3) is 5.91 Å². The molecule has 0 unspecified atom stereocenters. The standard InChI is InChI=1S/C30H45N3O3/c1-19-4-10-22(11-5-19)28(34)32-26-16-24(30(36)31-25-14-8-21(3)9-15-25)17-27(18-26)33-29(35)23-12-6-20(2)7-13-23/h16-23,25H,4-15H2,1-3H3,(H,31,36)(H,32,34)(H,33,35). The first kappa shape index (κ1) is 26.7. The monoisotopic (exact) mass is 495 g/mol. The maximum absolute atomic E-state index is 13.2. The van der Waals surface area contributed by atoms with E-state index in [1.165, 1.54) is 0 Å². The number of rotatable bonds is 6. The molecule has 6 nitrogen and oxygen atoms in total. The summed E-state index contributed by atoms with van der Waals surface area (Å²) in [4.78, 5) is 39.2. The first-order valence-corrected chi connectivity index (χ1v) is 14.3. The van der Waals surface area contributed by atoms with Crippen LogP contribution in [0.25, 0.3) is 0 Å². The predicted molar refractivity (Wildman–Crippen MR) is 145 cm³/mol. The molecule has 0 saturated heterocycles. The minimum absolute atomic E-state index is 0.00480. The Balaban J connectivity index is 1.48. The number of benzene rings is 1. The average molecular weight is 496 g/mol. The number of carbonyl (C=O) groups excluding carboxylic acids is 3. The molecule has 36 heavy (non-hydrogen) atoms. The molecule has 3 saturated carbocycles. The molecule has 3 N–H and O–H groups in total. The van der Waals surface area contributed by atoms with E-state index in [4.69, 9.17) is 0 Å². The van der Waals surface area contributed by atoms with E-state index in [9.17, 15) is 14.4 Å². The molecule has 0 aliphatic heterocycles. The molecule has 6 heteroatoms. The van der Waals surface area contributed by atoms with Crippen molar-refractivity contribution in [2.75, 3.05) is 10.6 Å². The van der Waals surface area contributed by atoms with Gasteiger partial charge in [0.2, 0.25) is 11.8 Å². The Bertz CT molecular complexity index is 867. The normalized spacial score (nSPS) is 30.8. The van der Waals surface area contributed by atoms with E-state index in [1.807, 2.05) is 0 Å². The van der Waals surface area contributed by atoms with Crippen LogP contribution in [0.2, 0.25) is 0 Å². The van der Waals surface area contributed by atoms with E-state index in [0.717, 1.165) is 77.0 Å². The quantitative estimate of drug-likeness (QED) is 0.419. The van der Waals surface area contributed by atoms with E-state index < -0.39 is 0 Å². The lowest BCUT2D eigenvalue weighted by Crippen LogP contribution is -2.37. The Morgan fingerprint density at radius 1 is 0.583 bits per heavy atom. The van der Waals surface area contributed by atoms with Gasteiger partial charge in [-0.25, -0.2) is 0 Å². The van der Waals surface area contributed by atoms with Gasteiger partial charge in [0, 0.05) is 34.8 Å². The van der Waals surface area contributed by atoms with E-state index in [1.54, 1.807) is 18.2 Å². The Hall–Kier alpha value is -2.37. The van der Waals surface area contributed by atoms with Gasteiger partial charge in [-0.1, -0.05) is 20.8 Å². The first-order valence-electron chi connectivity index (χ1n) is 14.3. The summed E-state index contributed by atoms with van der Waals surface area (Å²) in [6.07, 6.45) is 12.1. The molecule has 0 radical (unpaired) electrons. The van der Waals surface area contributed by atoms with Gasteiger partial charge in [-0.3, -0.25) is 14.4 Å². The lowest BCUT2D eigenvalue weighted by Gasteiger charge is -2.27. The van der Waals surface area contributed by atoms with Crippen molar-refractivity contribution in [1.82, 2.24) is 5.32 Å². The number of amides is 3. The molecule has 4 rings (SSSR count). The zero-order chi connectivity index (χ0) is 25.7. The maximum Gasteiger partial charge on any atom is 0.251 e. The second-order valence-corrected chi connectivity index (χ2v) is 12.1. The molecule has 1 aromatic rings. The van der Waals surface area contributed by atoms with Crippen LogP contribution in [0.4, 0.5) is 11.4 Å². The zero-order valence-corrected chi connectivity index (χ0v) is 22.4. The summed E-state index contributed by atoms with van der Waals surface area (Å²) >= 11 is 0. The summed E-state index contributed by atoms with van der Waals surface area (Å²) in [6, 6.07) is 5.48. The van der Waals surface area contributed by atoms with Crippen LogP contribution in [0.3, 0.4) is 0 Å². The maximum atomic E-state index is 13.2. The number of hydrogen-bond donors (Lipinski definition) is 3. The highest BCUT2D eigenvalue weighted by Gasteiger charge is 2.27. The lowest BCUT2D eigenvalue weighted by molar-refractivity contribution is -0.121. The third-order valence-electron chi connectivity index (χ3n) is 8.85. The van der Waals surface area contributed by atoms with Gasteiger partial charge < -0.3 is 16.0 Å². The molecule has 3 aliphatic rings. The van der Waals surface area contributed by atoms with Crippen molar-refractivity contribution < 1.29 is 14.4 Å². The minimum Gasteiger partial charge on any atom is -0.349 e. The van der Waals surface area contributed by atoms with Gasteiger partial charge in [0.05, 0.1) is 0 Å². The zero-order valence-electron chi connectivity index (χ0n) is 22.4. The van der Waals surface area contributed by atoms with Crippen molar-refractivity contribution in [3.05, 3.63) is 23.8 Å².